The number of benzene rings is 1. The van der Waals surface area contributed by atoms with Crippen LogP contribution in [0.2, 0.25) is 0 Å². The summed E-state index contributed by atoms with van der Waals surface area (Å²) in [4.78, 5) is 3.88. The second kappa shape index (κ2) is 5.38. The zero-order valence-electron chi connectivity index (χ0n) is 9.32. The third kappa shape index (κ3) is 2.70. The molecule has 0 aliphatic heterocycles. The maximum atomic E-state index is 13.2. The molecular weight excluding hydrogens is 283 g/mol. The van der Waals surface area contributed by atoms with E-state index in [1.165, 1.54) is 12.3 Å². The van der Waals surface area contributed by atoms with Crippen LogP contribution in [-0.2, 0) is 0 Å². The highest BCUT2D eigenvalue weighted by Crippen LogP contribution is 2.27. The first-order valence-corrected chi connectivity index (χ1v) is 6.04. The maximum Gasteiger partial charge on any atom is 0.141 e. The van der Waals surface area contributed by atoms with E-state index >= 15 is 0 Å². The van der Waals surface area contributed by atoms with E-state index in [4.69, 9.17) is 0 Å². The smallest absolute Gasteiger partial charge is 0.141 e. The minimum absolute atomic E-state index is 0.0752. The van der Waals surface area contributed by atoms with Crippen LogP contribution in [0.25, 0.3) is 0 Å². The molecule has 4 heteroatoms. The van der Waals surface area contributed by atoms with Crippen LogP contribution in [0.3, 0.4) is 0 Å². The lowest BCUT2D eigenvalue weighted by Crippen LogP contribution is -2.18. The Morgan fingerprint density at radius 1 is 1.29 bits per heavy atom. The SMILES string of the molecule is CNC(c1cncc(F)c1)c1ccccc1Br. The number of hydrogen-bond donors (Lipinski definition) is 1. The van der Waals surface area contributed by atoms with Gasteiger partial charge in [-0.05, 0) is 30.3 Å². The van der Waals surface area contributed by atoms with Gasteiger partial charge in [0.15, 0.2) is 0 Å². The Bertz CT molecular complexity index is 516. The van der Waals surface area contributed by atoms with Gasteiger partial charge in [-0.2, -0.15) is 0 Å². The number of nitrogens with one attached hydrogen (secondary N) is 1. The zero-order chi connectivity index (χ0) is 12.3. The van der Waals surface area contributed by atoms with Crippen molar-refractivity contribution in [2.24, 2.45) is 0 Å². The Kier molecular flexibility index (Phi) is 3.86. The molecule has 88 valence electrons. The highest BCUT2D eigenvalue weighted by Gasteiger charge is 2.15. The van der Waals surface area contributed by atoms with E-state index in [2.05, 4.69) is 26.2 Å². The molecule has 0 aliphatic rings. The van der Waals surface area contributed by atoms with Crippen LogP contribution in [0.1, 0.15) is 17.2 Å². The summed E-state index contributed by atoms with van der Waals surface area (Å²) in [6.07, 6.45) is 2.87. The van der Waals surface area contributed by atoms with Crippen LogP contribution in [-0.4, -0.2) is 12.0 Å². The number of hydrogen-bond acceptors (Lipinski definition) is 2. The lowest BCUT2D eigenvalue weighted by atomic mass is 10.0. The summed E-state index contributed by atoms with van der Waals surface area (Å²) < 4.78 is 14.2. The minimum atomic E-state index is -0.324. The molecule has 1 atom stereocenters. The summed E-state index contributed by atoms with van der Waals surface area (Å²) in [5.41, 5.74) is 1.86. The van der Waals surface area contributed by atoms with E-state index in [0.717, 1.165) is 15.6 Å². The second-order valence-corrected chi connectivity index (χ2v) is 4.53. The molecular formula is C13H12BrFN2. The van der Waals surface area contributed by atoms with Crippen molar-refractivity contribution in [1.29, 1.82) is 0 Å². The first-order valence-electron chi connectivity index (χ1n) is 5.24. The molecule has 0 spiro atoms. The Labute approximate surface area is 108 Å². The average Bonchev–Trinajstić information content (AvgIpc) is 2.33. The summed E-state index contributed by atoms with van der Waals surface area (Å²) in [5, 5.41) is 3.17. The molecule has 1 heterocycles. The fourth-order valence-corrected chi connectivity index (χ4v) is 2.31. The van der Waals surface area contributed by atoms with E-state index in [-0.39, 0.29) is 11.9 Å². The maximum absolute atomic E-state index is 13.2. The third-order valence-corrected chi connectivity index (χ3v) is 3.29. The van der Waals surface area contributed by atoms with Gasteiger partial charge in [0.1, 0.15) is 5.82 Å². The monoisotopic (exact) mass is 294 g/mol. The predicted molar refractivity (Wildman–Crippen MR) is 69.2 cm³/mol. The molecule has 2 rings (SSSR count). The topological polar surface area (TPSA) is 24.9 Å². The Hall–Kier alpha value is -1.26. The number of aromatic nitrogens is 1. The van der Waals surface area contributed by atoms with Gasteiger partial charge in [-0.15, -0.1) is 0 Å². The number of rotatable bonds is 3. The number of halogens is 2. The van der Waals surface area contributed by atoms with E-state index in [0.29, 0.717) is 0 Å². The van der Waals surface area contributed by atoms with E-state index in [1.807, 2.05) is 31.3 Å². The molecule has 0 saturated carbocycles. The van der Waals surface area contributed by atoms with Crippen molar-refractivity contribution < 1.29 is 4.39 Å². The molecule has 0 saturated heterocycles. The molecule has 0 fully saturated rings. The summed E-state index contributed by atoms with van der Waals surface area (Å²) in [5.74, 6) is -0.324. The first kappa shape index (κ1) is 12.2. The van der Waals surface area contributed by atoms with E-state index in [1.54, 1.807) is 6.20 Å². The standard InChI is InChI=1S/C13H12BrFN2/c1-16-13(9-6-10(15)8-17-7-9)11-4-2-3-5-12(11)14/h2-8,13,16H,1H3. The predicted octanol–water partition coefficient (Wildman–Crippen LogP) is 3.29. The molecule has 0 amide bonds. The quantitative estimate of drug-likeness (QED) is 0.940. The summed E-state index contributed by atoms with van der Waals surface area (Å²) in [6.45, 7) is 0. The molecule has 0 aliphatic carbocycles. The van der Waals surface area contributed by atoms with Crippen molar-refractivity contribution in [3.8, 4) is 0 Å². The molecule has 17 heavy (non-hydrogen) atoms. The largest absolute Gasteiger partial charge is 0.309 e. The fourth-order valence-electron chi connectivity index (χ4n) is 1.80. The second-order valence-electron chi connectivity index (χ2n) is 3.68. The van der Waals surface area contributed by atoms with Crippen LogP contribution in [0.5, 0.6) is 0 Å². The van der Waals surface area contributed by atoms with Gasteiger partial charge in [-0.3, -0.25) is 4.98 Å². The molecule has 1 aromatic heterocycles. The highest BCUT2D eigenvalue weighted by molar-refractivity contribution is 9.10. The van der Waals surface area contributed by atoms with Crippen LogP contribution in [0.15, 0.2) is 47.2 Å². The third-order valence-electron chi connectivity index (χ3n) is 2.56. The van der Waals surface area contributed by atoms with Gasteiger partial charge in [0.25, 0.3) is 0 Å². The van der Waals surface area contributed by atoms with Gasteiger partial charge in [-0.1, -0.05) is 34.1 Å². The Balaban J connectivity index is 2.44. The lowest BCUT2D eigenvalue weighted by molar-refractivity contribution is 0.608. The normalized spacial score (nSPS) is 12.4. The average molecular weight is 295 g/mol. The summed E-state index contributed by atoms with van der Waals surface area (Å²) in [6, 6.07) is 9.28. The van der Waals surface area contributed by atoms with Crippen molar-refractivity contribution >= 4 is 15.9 Å². The van der Waals surface area contributed by atoms with E-state index < -0.39 is 0 Å². The molecule has 2 nitrogen and oxygen atoms in total. The van der Waals surface area contributed by atoms with Crippen LogP contribution in [0.4, 0.5) is 4.39 Å². The summed E-state index contributed by atoms with van der Waals surface area (Å²) in [7, 11) is 1.84. The molecule has 1 N–H and O–H groups in total. The van der Waals surface area contributed by atoms with Crippen molar-refractivity contribution in [2.75, 3.05) is 7.05 Å². The van der Waals surface area contributed by atoms with Crippen LogP contribution < -0.4 is 5.32 Å². The number of pyridine rings is 1. The molecule has 0 radical (unpaired) electrons. The fraction of sp³-hybridized carbons (Fsp3) is 0.154. The Morgan fingerprint density at radius 3 is 2.71 bits per heavy atom. The van der Waals surface area contributed by atoms with Crippen LogP contribution >= 0.6 is 15.9 Å². The van der Waals surface area contributed by atoms with Crippen molar-refractivity contribution in [3.63, 3.8) is 0 Å². The van der Waals surface area contributed by atoms with Gasteiger partial charge in [0, 0.05) is 10.7 Å². The lowest BCUT2D eigenvalue weighted by Gasteiger charge is -2.18. The van der Waals surface area contributed by atoms with Gasteiger partial charge in [0.05, 0.1) is 12.2 Å². The van der Waals surface area contributed by atoms with Gasteiger partial charge >= 0.3 is 0 Å². The van der Waals surface area contributed by atoms with E-state index in [9.17, 15) is 4.39 Å². The Morgan fingerprint density at radius 2 is 2.06 bits per heavy atom. The molecule has 0 bridgehead atoms. The van der Waals surface area contributed by atoms with Crippen molar-refractivity contribution in [2.45, 2.75) is 6.04 Å². The minimum Gasteiger partial charge on any atom is -0.309 e. The first-order chi connectivity index (χ1) is 8.22. The molecule has 1 unspecified atom stereocenters. The number of nitrogens with zero attached hydrogens (tertiary/aromatic N) is 1. The van der Waals surface area contributed by atoms with Crippen molar-refractivity contribution in [1.82, 2.24) is 10.3 Å². The molecule has 2 aromatic rings. The molecule has 1 aromatic carbocycles. The van der Waals surface area contributed by atoms with Gasteiger partial charge in [0.2, 0.25) is 0 Å². The zero-order valence-corrected chi connectivity index (χ0v) is 10.9. The van der Waals surface area contributed by atoms with Crippen LogP contribution in [0, 0.1) is 5.82 Å². The van der Waals surface area contributed by atoms with Gasteiger partial charge < -0.3 is 5.32 Å². The van der Waals surface area contributed by atoms with Crippen molar-refractivity contribution in [3.05, 3.63) is 64.1 Å². The highest BCUT2D eigenvalue weighted by atomic mass is 79.9. The van der Waals surface area contributed by atoms with Gasteiger partial charge in [-0.25, -0.2) is 4.39 Å². The summed E-state index contributed by atoms with van der Waals surface area (Å²) >= 11 is 3.50.